The highest BCUT2D eigenvalue weighted by Crippen LogP contribution is 2.28. The van der Waals surface area contributed by atoms with E-state index in [-0.39, 0.29) is 4.90 Å². The fraction of sp³-hybridized carbons (Fsp3) is 0.174. The van der Waals surface area contributed by atoms with E-state index in [0.29, 0.717) is 5.56 Å². The van der Waals surface area contributed by atoms with Gasteiger partial charge in [-0.25, -0.2) is 0 Å². The van der Waals surface area contributed by atoms with Crippen LogP contribution in [0.25, 0.3) is 11.1 Å². The van der Waals surface area contributed by atoms with Crippen molar-refractivity contribution in [2.45, 2.75) is 18.0 Å². The van der Waals surface area contributed by atoms with E-state index in [0.717, 1.165) is 24.2 Å². The second-order valence-electron chi connectivity index (χ2n) is 6.94. The summed E-state index contributed by atoms with van der Waals surface area (Å²) in [6.45, 7) is 1.54. The molecule has 0 saturated carbocycles. The third kappa shape index (κ3) is 5.76. The van der Waals surface area contributed by atoms with Crippen molar-refractivity contribution in [2.24, 2.45) is 4.40 Å². The van der Waals surface area contributed by atoms with Crippen molar-refractivity contribution in [1.82, 2.24) is 10.2 Å². The first-order valence-electron chi connectivity index (χ1n) is 9.35. The molecule has 0 bridgehead atoms. The van der Waals surface area contributed by atoms with Crippen LogP contribution < -0.4 is 5.32 Å². The zero-order valence-corrected chi connectivity index (χ0v) is 17.4. The molecule has 0 spiro atoms. The molecule has 5 nitrogen and oxygen atoms in total. The Morgan fingerprint density at radius 3 is 2.07 bits per heavy atom. The quantitative estimate of drug-likeness (QED) is 0.454. The van der Waals surface area contributed by atoms with Gasteiger partial charge in [0.05, 0.1) is 4.90 Å². The number of benzene rings is 3. The van der Waals surface area contributed by atoms with Crippen LogP contribution in [0.1, 0.15) is 11.1 Å². The molecule has 3 rings (SSSR count). The van der Waals surface area contributed by atoms with Crippen molar-refractivity contribution in [3.05, 3.63) is 90.0 Å². The lowest BCUT2D eigenvalue weighted by molar-refractivity contribution is 0.595. The van der Waals surface area contributed by atoms with Gasteiger partial charge in [-0.05, 0) is 22.8 Å². The Balaban J connectivity index is 1.75. The number of nitrogens with one attached hydrogen (secondary N) is 1. The van der Waals surface area contributed by atoms with Crippen LogP contribution in [-0.4, -0.2) is 33.8 Å². The maximum absolute atomic E-state index is 12.6. The molecule has 150 valence electrons. The van der Waals surface area contributed by atoms with E-state index in [2.05, 4.69) is 21.8 Å². The largest absolute Gasteiger partial charge is 0.368 e. The third-order valence-corrected chi connectivity index (χ3v) is 5.63. The molecule has 3 aromatic carbocycles. The normalized spacial score (nSPS) is 11.7. The van der Waals surface area contributed by atoms with Gasteiger partial charge in [0.15, 0.2) is 0 Å². The Morgan fingerprint density at radius 1 is 0.828 bits per heavy atom. The molecule has 0 aliphatic heterocycles. The van der Waals surface area contributed by atoms with Crippen LogP contribution in [0.4, 0.5) is 0 Å². The maximum atomic E-state index is 12.6. The minimum absolute atomic E-state index is 0.202. The van der Waals surface area contributed by atoms with Gasteiger partial charge in [0.25, 0.3) is 10.0 Å². The van der Waals surface area contributed by atoms with Gasteiger partial charge in [0.2, 0.25) is 0 Å². The van der Waals surface area contributed by atoms with Gasteiger partial charge in [-0.2, -0.15) is 8.42 Å². The van der Waals surface area contributed by atoms with Crippen LogP contribution in [0, 0.1) is 0 Å². The Morgan fingerprint density at radius 2 is 1.41 bits per heavy atom. The van der Waals surface area contributed by atoms with Crippen molar-refractivity contribution in [3.63, 3.8) is 0 Å². The van der Waals surface area contributed by atoms with Crippen LogP contribution in [0.3, 0.4) is 0 Å². The van der Waals surface area contributed by atoms with Gasteiger partial charge in [0, 0.05) is 32.7 Å². The van der Waals surface area contributed by atoms with Crippen LogP contribution in [0.5, 0.6) is 0 Å². The number of nitrogens with zero attached hydrogens (tertiary/aromatic N) is 2. The molecular weight excluding hydrogens is 382 g/mol. The fourth-order valence-electron chi connectivity index (χ4n) is 2.89. The molecule has 6 heteroatoms. The lowest BCUT2D eigenvalue weighted by Gasteiger charge is -2.10. The Kier molecular flexibility index (Phi) is 6.80. The first-order chi connectivity index (χ1) is 14.0. The summed E-state index contributed by atoms with van der Waals surface area (Å²) in [4.78, 5) is 1.80. The molecular formula is C23H25N3O2S. The average molecular weight is 408 g/mol. The summed E-state index contributed by atoms with van der Waals surface area (Å²) in [5.74, 6) is 0. The topological polar surface area (TPSA) is 61.8 Å². The second kappa shape index (κ2) is 9.49. The van der Waals surface area contributed by atoms with E-state index in [1.807, 2.05) is 48.5 Å². The lowest BCUT2D eigenvalue weighted by atomic mass is 10.0. The molecule has 29 heavy (non-hydrogen) atoms. The molecule has 0 amide bonds. The zero-order valence-electron chi connectivity index (χ0n) is 16.6. The summed E-state index contributed by atoms with van der Waals surface area (Å²) in [6.07, 6.45) is 1.30. The summed E-state index contributed by atoms with van der Waals surface area (Å²) in [6, 6.07) is 25.1. The Hall–Kier alpha value is -2.96. The summed E-state index contributed by atoms with van der Waals surface area (Å²) in [5, 5.41) is 3.42. The van der Waals surface area contributed by atoms with Gasteiger partial charge in [-0.15, -0.1) is 4.40 Å². The molecule has 0 saturated heterocycles. The molecule has 0 aliphatic rings. The van der Waals surface area contributed by atoms with E-state index in [9.17, 15) is 8.42 Å². The summed E-state index contributed by atoms with van der Waals surface area (Å²) in [7, 11) is -0.310. The number of hydrogen-bond acceptors (Lipinski definition) is 3. The predicted octanol–water partition coefficient (Wildman–Crippen LogP) is 3.92. The molecule has 0 radical (unpaired) electrons. The van der Waals surface area contributed by atoms with E-state index >= 15 is 0 Å². The standard InChI is InChI=1S/C23H25N3O2S/c1-26(2)18-25-29(27,28)23-11-7-6-10-22(23)21-14-12-20(13-15-21)17-24-16-19-8-4-3-5-9-19/h3-15,18,24H,16-17H2,1-2H3. The minimum Gasteiger partial charge on any atom is -0.368 e. The summed E-state index contributed by atoms with van der Waals surface area (Å²) >= 11 is 0. The van der Waals surface area contributed by atoms with Crippen molar-refractivity contribution in [2.75, 3.05) is 14.1 Å². The van der Waals surface area contributed by atoms with Gasteiger partial charge in [-0.3, -0.25) is 0 Å². The number of hydrogen-bond donors (Lipinski definition) is 1. The van der Waals surface area contributed by atoms with E-state index in [1.54, 1.807) is 37.2 Å². The monoisotopic (exact) mass is 407 g/mol. The van der Waals surface area contributed by atoms with Crippen LogP contribution in [0.2, 0.25) is 0 Å². The summed E-state index contributed by atoms with van der Waals surface area (Å²) in [5.41, 5.74) is 3.86. The van der Waals surface area contributed by atoms with E-state index in [4.69, 9.17) is 0 Å². The molecule has 0 unspecified atom stereocenters. The average Bonchev–Trinajstić information content (AvgIpc) is 2.74. The van der Waals surface area contributed by atoms with Crippen LogP contribution >= 0.6 is 0 Å². The van der Waals surface area contributed by atoms with Gasteiger partial charge in [-0.1, -0.05) is 72.8 Å². The van der Waals surface area contributed by atoms with E-state index in [1.165, 1.54) is 11.9 Å². The Labute approximate surface area is 172 Å². The number of rotatable bonds is 8. The summed E-state index contributed by atoms with van der Waals surface area (Å²) < 4.78 is 29.0. The van der Waals surface area contributed by atoms with Gasteiger partial charge >= 0.3 is 0 Å². The smallest absolute Gasteiger partial charge is 0.284 e. The van der Waals surface area contributed by atoms with Crippen molar-refractivity contribution < 1.29 is 8.42 Å². The van der Waals surface area contributed by atoms with Gasteiger partial charge < -0.3 is 10.2 Å². The Bertz CT molecular complexity index is 1060. The molecule has 1 N–H and O–H groups in total. The highest BCUT2D eigenvalue weighted by Gasteiger charge is 2.17. The lowest BCUT2D eigenvalue weighted by Crippen LogP contribution is -2.12. The third-order valence-electron chi connectivity index (χ3n) is 4.35. The first-order valence-corrected chi connectivity index (χ1v) is 10.8. The zero-order chi connectivity index (χ0) is 20.7. The minimum atomic E-state index is -3.77. The molecule has 0 aromatic heterocycles. The highest BCUT2D eigenvalue weighted by molar-refractivity contribution is 7.90. The molecule has 0 aliphatic carbocycles. The first kappa shape index (κ1) is 20.8. The maximum Gasteiger partial charge on any atom is 0.284 e. The SMILES string of the molecule is CN(C)C=NS(=O)(=O)c1ccccc1-c1ccc(CNCc2ccccc2)cc1. The van der Waals surface area contributed by atoms with Gasteiger partial charge in [0.1, 0.15) is 6.34 Å². The molecule has 0 heterocycles. The van der Waals surface area contributed by atoms with E-state index < -0.39 is 10.0 Å². The fourth-order valence-corrected chi connectivity index (χ4v) is 4.03. The molecule has 0 fully saturated rings. The van der Waals surface area contributed by atoms with Crippen molar-refractivity contribution >= 4 is 16.4 Å². The molecule has 3 aromatic rings. The van der Waals surface area contributed by atoms with Crippen molar-refractivity contribution in [1.29, 1.82) is 0 Å². The highest BCUT2D eigenvalue weighted by atomic mass is 32.2. The van der Waals surface area contributed by atoms with Crippen LogP contribution in [0.15, 0.2) is 88.2 Å². The number of sulfonamides is 1. The molecule has 0 atom stereocenters. The van der Waals surface area contributed by atoms with Crippen molar-refractivity contribution in [3.8, 4) is 11.1 Å². The second-order valence-corrected chi connectivity index (χ2v) is 8.54. The van der Waals surface area contributed by atoms with Crippen LogP contribution in [-0.2, 0) is 23.1 Å². The predicted molar refractivity (Wildman–Crippen MR) is 118 cm³/mol.